The summed E-state index contributed by atoms with van der Waals surface area (Å²) in [6.07, 6.45) is 2.97. The summed E-state index contributed by atoms with van der Waals surface area (Å²) in [6.45, 7) is 10.8. The third-order valence-electron chi connectivity index (χ3n) is 2.79. The average Bonchev–Trinajstić information content (AvgIpc) is 2.38. The maximum atomic E-state index is 12.2. The number of hydrogen-bond donors (Lipinski definition) is 1. The van der Waals surface area contributed by atoms with Gasteiger partial charge in [0.2, 0.25) is 0 Å². The lowest BCUT2D eigenvalue weighted by molar-refractivity contribution is 0.0772. The predicted octanol–water partition coefficient (Wildman–Crippen LogP) is 2.09. The molecule has 0 aromatic carbocycles. The highest BCUT2D eigenvalue weighted by Crippen LogP contribution is 2.09. The molecular formula is C15H23N3O2. The molecule has 0 aliphatic rings. The Bertz CT molecular complexity index is 488. The number of aromatic nitrogens is 1. The summed E-state index contributed by atoms with van der Waals surface area (Å²) in [5.74, 6) is -0.327. The highest BCUT2D eigenvalue weighted by Gasteiger charge is 2.18. The third-order valence-corrected chi connectivity index (χ3v) is 2.79. The average molecular weight is 277 g/mol. The quantitative estimate of drug-likeness (QED) is 0.916. The molecule has 5 heteroatoms. The molecule has 110 valence electrons. The molecule has 2 amide bonds. The fourth-order valence-electron chi connectivity index (χ4n) is 1.79. The molecule has 0 aliphatic heterocycles. The van der Waals surface area contributed by atoms with Gasteiger partial charge in [-0.25, -0.2) is 0 Å². The first-order valence-corrected chi connectivity index (χ1v) is 6.85. The van der Waals surface area contributed by atoms with E-state index in [0.717, 1.165) is 0 Å². The zero-order chi connectivity index (χ0) is 15.3. The zero-order valence-electron chi connectivity index (χ0n) is 12.9. The normalized spacial score (nSPS) is 11.1. The molecule has 0 saturated carbocycles. The Kier molecular flexibility index (Phi) is 5.25. The topological polar surface area (TPSA) is 62.3 Å². The fourth-order valence-corrected chi connectivity index (χ4v) is 1.79. The van der Waals surface area contributed by atoms with E-state index >= 15 is 0 Å². The second-order valence-corrected chi connectivity index (χ2v) is 5.64. The molecule has 0 unspecified atom stereocenters. The van der Waals surface area contributed by atoms with Crippen molar-refractivity contribution in [3.63, 3.8) is 0 Å². The molecule has 0 radical (unpaired) electrons. The first-order chi connectivity index (χ1) is 9.28. The zero-order valence-corrected chi connectivity index (χ0v) is 12.9. The Balaban J connectivity index is 2.96. The van der Waals surface area contributed by atoms with E-state index < -0.39 is 0 Å². The van der Waals surface area contributed by atoms with Crippen LogP contribution >= 0.6 is 0 Å². The van der Waals surface area contributed by atoms with Gasteiger partial charge in [0.25, 0.3) is 11.8 Å². The molecule has 0 atom stereocenters. The number of nitrogens with zero attached hydrogens (tertiary/aromatic N) is 2. The van der Waals surface area contributed by atoms with Crippen molar-refractivity contribution in [2.75, 3.05) is 13.1 Å². The standard InChI is InChI=1S/C15H23N3O2/c1-6-18(7-2)14(20)12-8-11(9-16-10-12)13(19)17-15(3,4)5/h8-10H,6-7H2,1-5H3,(H,17,19). The second-order valence-electron chi connectivity index (χ2n) is 5.64. The molecule has 0 fully saturated rings. The number of carbonyl (C=O) groups excluding carboxylic acids is 2. The van der Waals surface area contributed by atoms with Crippen molar-refractivity contribution in [2.45, 2.75) is 40.2 Å². The van der Waals surface area contributed by atoms with Gasteiger partial charge in [-0.15, -0.1) is 0 Å². The molecule has 0 bridgehead atoms. The molecule has 1 aromatic rings. The van der Waals surface area contributed by atoms with Crippen LogP contribution in [-0.2, 0) is 0 Å². The molecule has 1 rings (SSSR count). The van der Waals surface area contributed by atoms with E-state index in [4.69, 9.17) is 0 Å². The summed E-state index contributed by atoms with van der Waals surface area (Å²) in [5.41, 5.74) is 0.517. The van der Waals surface area contributed by atoms with Crippen molar-refractivity contribution in [3.05, 3.63) is 29.6 Å². The molecule has 0 aliphatic carbocycles. The van der Waals surface area contributed by atoms with Crippen molar-refractivity contribution in [2.24, 2.45) is 0 Å². The van der Waals surface area contributed by atoms with Crippen LogP contribution in [0.1, 0.15) is 55.3 Å². The number of carbonyl (C=O) groups is 2. The largest absolute Gasteiger partial charge is 0.347 e. The summed E-state index contributed by atoms with van der Waals surface area (Å²) in [5, 5.41) is 2.85. The number of rotatable bonds is 4. The lowest BCUT2D eigenvalue weighted by atomic mass is 10.1. The third kappa shape index (κ3) is 4.33. The van der Waals surface area contributed by atoms with E-state index in [-0.39, 0.29) is 17.4 Å². The Labute approximate surface area is 120 Å². The molecule has 20 heavy (non-hydrogen) atoms. The van der Waals surface area contributed by atoms with Crippen LogP contribution < -0.4 is 5.32 Å². The van der Waals surface area contributed by atoms with E-state index in [0.29, 0.717) is 24.2 Å². The van der Waals surface area contributed by atoms with Gasteiger partial charge in [-0.2, -0.15) is 0 Å². The van der Waals surface area contributed by atoms with Crippen LogP contribution in [0.2, 0.25) is 0 Å². The number of amides is 2. The van der Waals surface area contributed by atoms with E-state index in [1.165, 1.54) is 12.4 Å². The van der Waals surface area contributed by atoms with Gasteiger partial charge in [0.05, 0.1) is 11.1 Å². The van der Waals surface area contributed by atoms with Crippen LogP contribution in [0, 0.1) is 0 Å². The van der Waals surface area contributed by atoms with Gasteiger partial charge >= 0.3 is 0 Å². The van der Waals surface area contributed by atoms with E-state index in [9.17, 15) is 9.59 Å². The summed E-state index contributed by atoms with van der Waals surface area (Å²) in [6, 6.07) is 1.59. The first kappa shape index (κ1) is 16.1. The molecule has 0 saturated heterocycles. The van der Waals surface area contributed by atoms with Gasteiger partial charge in [-0.05, 0) is 40.7 Å². The van der Waals surface area contributed by atoms with Crippen molar-refractivity contribution < 1.29 is 9.59 Å². The minimum absolute atomic E-state index is 0.104. The van der Waals surface area contributed by atoms with Gasteiger partial charge in [-0.1, -0.05) is 0 Å². The molecular weight excluding hydrogens is 254 g/mol. The van der Waals surface area contributed by atoms with Crippen molar-refractivity contribution in [1.82, 2.24) is 15.2 Å². The minimum Gasteiger partial charge on any atom is -0.347 e. The maximum absolute atomic E-state index is 12.2. The Morgan fingerprint density at radius 3 is 2.20 bits per heavy atom. The molecule has 5 nitrogen and oxygen atoms in total. The molecule has 1 aromatic heterocycles. The summed E-state index contributed by atoms with van der Waals surface area (Å²) >= 11 is 0. The van der Waals surface area contributed by atoms with Crippen LogP contribution in [0.4, 0.5) is 0 Å². The van der Waals surface area contributed by atoms with E-state index in [1.54, 1.807) is 11.0 Å². The predicted molar refractivity (Wildman–Crippen MR) is 78.7 cm³/mol. The summed E-state index contributed by atoms with van der Waals surface area (Å²) in [4.78, 5) is 30.0. The van der Waals surface area contributed by atoms with E-state index in [1.807, 2.05) is 34.6 Å². The fraction of sp³-hybridized carbons (Fsp3) is 0.533. The van der Waals surface area contributed by atoms with Gasteiger partial charge in [0.15, 0.2) is 0 Å². The molecule has 0 spiro atoms. The van der Waals surface area contributed by atoms with Crippen LogP contribution in [0.3, 0.4) is 0 Å². The summed E-state index contributed by atoms with van der Waals surface area (Å²) < 4.78 is 0. The first-order valence-electron chi connectivity index (χ1n) is 6.85. The Hall–Kier alpha value is -1.91. The highest BCUT2D eigenvalue weighted by atomic mass is 16.2. The van der Waals surface area contributed by atoms with Crippen LogP contribution in [0.25, 0.3) is 0 Å². The monoisotopic (exact) mass is 277 g/mol. The minimum atomic E-state index is -0.323. The summed E-state index contributed by atoms with van der Waals surface area (Å²) in [7, 11) is 0. The van der Waals surface area contributed by atoms with Gasteiger partial charge in [0, 0.05) is 31.0 Å². The van der Waals surface area contributed by atoms with Gasteiger partial charge in [-0.3, -0.25) is 14.6 Å². The van der Waals surface area contributed by atoms with Crippen molar-refractivity contribution in [3.8, 4) is 0 Å². The second kappa shape index (κ2) is 6.50. The molecule has 1 heterocycles. The Morgan fingerprint density at radius 2 is 1.70 bits per heavy atom. The smallest absolute Gasteiger partial charge is 0.255 e. The van der Waals surface area contributed by atoms with Gasteiger partial charge in [0.1, 0.15) is 0 Å². The van der Waals surface area contributed by atoms with Crippen LogP contribution in [0.5, 0.6) is 0 Å². The SMILES string of the molecule is CCN(CC)C(=O)c1cncc(C(=O)NC(C)(C)C)c1. The molecule has 1 N–H and O–H groups in total. The number of pyridine rings is 1. The highest BCUT2D eigenvalue weighted by molar-refractivity contribution is 5.99. The lowest BCUT2D eigenvalue weighted by Crippen LogP contribution is -2.40. The van der Waals surface area contributed by atoms with Crippen molar-refractivity contribution in [1.29, 1.82) is 0 Å². The van der Waals surface area contributed by atoms with Crippen LogP contribution in [-0.4, -0.2) is 40.3 Å². The maximum Gasteiger partial charge on any atom is 0.255 e. The van der Waals surface area contributed by atoms with Gasteiger partial charge < -0.3 is 10.2 Å². The van der Waals surface area contributed by atoms with E-state index in [2.05, 4.69) is 10.3 Å². The Morgan fingerprint density at radius 1 is 1.15 bits per heavy atom. The lowest BCUT2D eigenvalue weighted by Gasteiger charge is -2.21. The van der Waals surface area contributed by atoms with Crippen molar-refractivity contribution >= 4 is 11.8 Å². The number of nitrogens with one attached hydrogen (secondary N) is 1. The number of hydrogen-bond acceptors (Lipinski definition) is 3. The van der Waals surface area contributed by atoms with Crippen LogP contribution in [0.15, 0.2) is 18.5 Å².